The Morgan fingerprint density at radius 3 is 2.08 bits per heavy atom. The zero-order chi connectivity index (χ0) is 29.5. The summed E-state index contributed by atoms with van der Waals surface area (Å²) in [4.78, 5) is 36.5. The van der Waals surface area contributed by atoms with Crippen molar-refractivity contribution in [1.29, 1.82) is 0 Å². The van der Waals surface area contributed by atoms with Gasteiger partial charge in [0.15, 0.2) is 0 Å². The summed E-state index contributed by atoms with van der Waals surface area (Å²) in [5.74, 6) is -0.972. The third-order valence-corrected chi connectivity index (χ3v) is 7.17. The van der Waals surface area contributed by atoms with Gasteiger partial charge in [-0.05, 0) is 84.9 Å². The van der Waals surface area contributed by atoms with Crippen LogP contribution in [-0.2, 0) is 4.79 Å². The monoisotopic (exact) mass is 564 g/mol. The van der Waals surface area contributed by atoms with Gasteiger partial charge in [-0.3, -0.25) is 14.8 Å². The second kappa shape index (κ2) is 13.0. The van der Waals surface area contributed by atoms with Crippen molar-refractivity contribution in [2.75, 3.05) is 11.9 Å². The van der Waals surface area contributed by atoms with Gasteiger partial charge in [-0.2, -0.15) is 0 Å². The topological polar surface area (TPSA) is 129 Å². The van der Waals surface area contributed by atoms with Crippen LogP contribution in [-0.4, -0.2) is 36.0 Å². The fraction of sp³-hybridized carbons (Fsp3) is 0.464. The zero-order valence-corrected chi connectivity index (χ0v) is 22.6. The number of hydroxylamine groups is 1. The number of amides is 4. The molecule has 1 aliphatic carbocycles. The summed E-state index contributed by atoms with van der Waals surface area (Å²) in [5.41, 5.74) is 3.00. The van der Waals surface area contributed by atoms with Crippen molar-refractivity contribution in [2.45, 2.75) is 58.9 Å². The highest BCUT2D eigenvalue weighted by molar-refractivity contribution is 5.96. The van der Waals surface area contributed by atoms with Crippen LogP contribution in [0.1, 0.15) is 68.4 Å². The number of anilines is 1. The van der Waals surface area contributed by atoms with Crippen molar-refractivity contribution in [3.8, 4) is 5.75 Å². The number of urea groups is 1. The zero-order valence-electron chi connectivity index (χ0n) is 22.6. The fourth-order valence-corrected chi connectivity index (χ4v) is 4.98. The predicted octanol–water partition coefficient (Wildman–Crippen LogP) is 5.54. The van der Waals surface area contributed by atoms with Crippen LogP contribution < -0.4 is 26.2 Å². The van der Waals surface area contributed by atoms with Crippen LogP contribution in [0.4, 0.5) is 23.7 Å². The van der Waals surface area contributed by atoms with E-state index in [4.69, 9.17) is 5.21 Å². The molecule has 1 aliphatic rings. The molecule has 0 spiro atoms. The van der Waals surface area contributed by atoms with E-state index in [2.05, 4.69) is 41.5 Å². The first kappa shape index (κ1) is 30.7. The summed E-state index contributed by atoms with van der Waals surface area (Å²) in [5, 5.41) is 16.6. The Morgan fingerprint density at radius 1 is 0.950 bits per heavy atom. The summed E-state index contributed by atoms with van der Waals surface area (Å²) in [7, 11) is 0. The SMILES string of the molecule is CC(C)(C)C1CCC(C(NC(=O)Nc2ccc(OC(F)(F)F)cc2)c2ccc(C(=O)NCC(=O)NO)cc2)CC1. The van der Waals surface area contributed by atoms with Gasteiger partial charge >= 0.3 is 12.4 Å². The number of nitrogens with one attached hydrogen (secondary N) is 4. The maximum atomic E-state index is 13.0. The number of benzene rings is 2. The molecule has 4 amide bonds. The van der Waals surface area contributed by atoms with Gasteiger partial charge in [0.05, 0.1) is 12.6 Å². The van der Waals surface area contributed by atoms with Gasteiger partial charge in [0.1, 0.15) is 5.75 Å². The van der Waals surface area contributed by atoms with Crippen molar-refractivity contribution in [2.24, 2.45) is 17.3 Å². The molecule has 5 N–H and O–H groups in total. The summed E-state index contributed by atoms with van der Waals surface area (Å²) >= 11 is 0. The Kier molecular flexibility index (Phi) is 10.0. The first-order chi connectivity index (χ1) is 18.7. The highest BCUT2D eigenvalue weighted by Gasteiger charge is 2.34. The van der Waals surface area contributed by atoms with Crippen LogP contribution in [0, 0.1) is 17.3 Å². The van der Waals surface area contributed by atoms with E-state index in [9.17, 15) is 27.6 Å². The average molecular weight is 565 g/mol. The second-order valence-corrected chi connectivity index (χ2v) is 11.0. The Hall–Kier alpha value is -3.80. The molecular formula is C28H35F3N4O5. The van der Waals surface area contributed by atoms with Crippen LogP contribution in [0.25, 0.3) is 0 Å². The maximum Gasteiger partial charge on any atom is 0.573 e. The van der Waals surface area contributed by atoms with Crippen LogP contribution in [0.5, 0.6) is 5.75 Å². The van der Waals surface area contributed by atoms with E-state index in [1.54, 1.807) is 24.3 Å². The van der Waals surface area contributed by atoms with Crippen molar-refractivity contribution in [3.63, 3.8) is 0 Å². The van der Waals surface area contributed by atoms with E-state index in [0.29, 0.717) is 17.2 Å². The van der Waals surface area contributed by atoms with E-state index in [1.807, 2.05) is 0 Å². The van der Waals surface area contributed by atoms with E-state index < -0.39 is 30.0 Å². The molecule has 1 unspecified atom stereocenters. The third kappa shape index (κ3) is 9.15. The van der Waals surface area contributed by atoms with Crippen LogP contribution in [0.3, 0.4) is 0 Å². The van der Waals surface area contributed by atoms with Crippen molar-refractivity contribution >= 4 is 23.5 Å². The molecule has 2 aromatic carbocycles. The van der Waals surface area contributed by atoms with Crippen molar-refractivity contribution in [3.05, 3.63) is 59.7 Å². The summed E-state index contributed by atoms with van der Waals surface area (Å²) in [6.45, 7) is 6.28. The largest absolute Gasteiger partial charge is 0.573 e. The highest BCUT2D eigenvalue weighted by Crippen LogP contribution is 2.43. The number of halogens is 3. The molecule has 0 aromatic heterocycles. The standard InChI is InChI=1S/C28H35F3N4O5/c1-27(2,3)20-10-8-18(9-11-20)24(17-4-6-19(7-5-17)25(37)32-16-23(36)35-39)34-26(38)33-21-12-14-22(15-13-21)40-28(29,30)31/h4-7,12-15,18,20,24,39H,8-11,16H2,1-3H3,(H,32,37)(H,35,36)(H2,33,34,38). The van der Waals surface area contributed by atoms with Gasteiger partial charge in [0, 0.05) is 11.3 Å². The van der Waals surface area contributed by atoms with Gasteiger partial charge in [-0.25, -0.2) is 10.3 Å². The molecule has 12 heteroatoms. The first-order valence-corrected chi connectivity index (χ1v) is 13.0. The van der Waals surface area contributed by atoms with Gasteiger partial charge in [-0.1, -0.05) is 32.9 Å². The molecule has 1 saturated carbocycles. The quantitative estimate of drug-likeness (QED) is 0.213. The molecule has 0 aliphatic heterocycles. The number of alkyl halides is 3. The minimum absolute atomic E-state index is 0.125. The summed E-state index contributed by atoms with van der Waals surface area (Å²) in [6, 6.07) is 10.6. The van der Waals surface area contributed by atoms with Crippen LogP contribution in [0.2, 0.25) is 0 Å². The number of hydrogen-bond acceptors (Lipinski definition) is 5. The van der Waals surface area contributed by atoms with Gasteiger partial charge in [0.2, 0.25) is 0 Å². The van der Waals surface area contributed by atoms with Crippen LogP contribution >= 0.6 is 0 Å². The number of carbonyl (C=O) groups excluding carboxylic acids is 3. The van der Waals surface area contributed by atoms with E-state index in [-0.39, 0.29) is 23.9 Å². The Morgan fingerprint density at radius 2 is 1.55 bits per heavy atom. The molecule has 2 aromatic rings. The first-order valence-electron chi connectivity index (χ1n) is 13.0. The fourth-order valence-electron chi connectivity index (χ4n) is 4.98. The van der Waals surface area contributed by atoms with Gasteiger partial charge in [0.25, 0.3) is 11.8 Å². The van der Waals surface area contributed by atoms with Crippen LogP contribution in [0.15, 0.2) is 48.5 Å². The molecule has 9 nitrogen and oxygen atoms in total. The van der Waals surface area contributed by atoms with E-state index in [1.165, 1.54) is 17.6 Å². The molecule has 218 valence electrons. The van der Waals surface area contributed by atoms with E-state index >= 15 is 0 Å². The lowest BCUT2D eigenvalue weighted by molar-refractivity contribution is -0.274. The van der Waals surface area contributed by atoms with Crippen molar-refractivity contribution in [1.82, 2.24) is 16.1 Å². The Balaban J connectivity index is 1.73. The molecule has 40 heavy (non-hydrogen) atoms. The maximum absolute atomic E-state index is 13.0. The molecule has 0 heterocycles. The molecular weight excluding hydrogens is 529 g/mol. The Bertz CT molecular complexity index is 1160. The molecule has 0 saturated heterocycles. The smallest absolute Gasteiger partial charge is 0.406 e. The highest BCUT2D eigenvalue weighted by atomic mass is 19.4. The molecule has 0 radical (unpaired) electrons. The number of ether oxygens (including phenoxy) is 1. The van der Waals surface area contributed by atoms with Gasteiger partial charge in [-0.15, -0.1) is 13.2 Å². The molecule has 1 fully saturated rings. The second-order valence-electron chi connectivity index (χ2n) is 11.0. The lowest BCUT2D eigenvalue weighted by atomic mass is 9.68. The normalized spacial score (nSPS) is 18.3. The molecule has 3 rings (SSSR count). The lowest BCUT2D eigenvalue weighted by Crippen LogP contribution is -2.38. The number of carbonyl (C=O) groups is 3. The van der Waals surface area contributed by atoms with Gasteiger partial charge < -0.3 is 20.7 Å². The molecule has 0 bridgehead atoms. The Labute approximate surface area is 230 Å². The molecule has 1 atom stereocenters. The summed E-state index contributed by atoms with van der Waals surface area (Å²) in [6.07, 6.45) is -1.04. The number of rotatable bonds is 8. The third-order valence-electron chi connectivity index (χ3n) is 7.17. The average Bonchev–Trinajstić information content (AvgIpc) is 2.90. The number of hydrogen-bond donors (Lipinski definition) is 5. The minimum atomic E-state index is -4.81. The summed E-state index contributed by atoms with van der Waals surface area (Å²) < 4.78 is 41.2. The van der Waals surface area contributed by atoms with Crippen molar-refractivity contribution < 1.29 is 37.5 Å². The van der Waals surface area contributed by atoms with E-state index in [0.717, 1.165) is 43.4 Å². The lowest BCUT2D eigenvalue weighted by Gasteiger charge is -2.39. The predicted molar refractivity (Wildman–Crippen MR) is 142 cm³/mol. The minimum Gasteiger partial charge on any atom is -0.406 e.